The summed E-state index contributed by atoms with van der Waals surface area (Å²) in [6.45, 7) is 0. The number of hydrogen-bond donors (Lipinski definition) is 1. The molecule has 0 saturated carbocycles. The average molecular weight is 202 g/mol. The van der Waals surface area contributed by atoms with Crippen molar-refractivity contribution in [1.29, 1.82) is 0 Å². The summed E-state index contributed by atoms with van der Waals surface area (Å²) >= 11 is 4.05. The Hall–Kier alpha value is -0.480. The molecular weight excluding hydrogens is 192 g/mol. The summed E-state index contributed by atoms with van der Waals surface area (Å²) in [5, 5.41) is 0. The van der Waals surface area contributed by atoms with Gasteiger partial charge in [0.05, 0.1) is 4.90 Å². The van der Waals surface area contributed by atoms with Crippen molar-refractivity contribution in [3.63, 3.8) is 0 Å². The zero-order valence-electron chi connectivity index (χ0n) is 6.69. The number of thiol groups is 1. The van der Waals surface area contributed by atoms with Gasteiger partial charge >= 0.3 is 0 Å². The molecule has 0 amide bonds. The van der Waals surface area contributed by atoms with Gasteiger partial charge in [0.1, 0.15) is 0 Å². The van der Waals surface area contributed by atoms with Gasteiger partial charge in [-0.05, 0) is 11.6 Å². The molecule has 0 aliphatic rings. The van der Waals surface area contributed by atoms with E-state index < -0.39 is 9.84 Å². The molecule has 2 nitrogen and oxygen atoms in total. The molecule has 0 heterocycles. The van der Waals surface area contributed by atoms with Crippen LogP contribution < -0.4 is 0 Å². The molecule has 12 heavy (non-hydrogen) atoms. The first-order valence-electron chi connectivity index (χ1n) is 3.44. The van der Waals surface area contributed by atoms with E-state index in [2.05, 4.69) is 12.6 Å². The third-order valence-corrected chi connectivity index (χ3v) is 3.08. The lowest BCUT2D eigenvalue weighted by atomic mass is 10.2. The lowest BCUT2D eigenvalue weighted by Crippen LogP contribution is -2.00. The normalized spacial score (nSPS) is 11.5. The molecule has 0 atom stereocenters. The lowest BCUT2D eigenvalue weighted by molar-refractivity contribution is 0.601. The molecular formula is C8H10O2S2. The first-order chi connectivity index (χ1) is 5.55. The molecule has 0 aliphatic carbocycles. The quantitative estimate of drug-likeness (QED) is 0.738. The van der Waals surface area contributed by atoms with Crippen molar-refractivity contribution < 1.29 is 8.42 Å². The van der Waals surface area contributed by atoms with Crippen LogP contribution in [0.4, 0.5) is 0 Å². The molecule has 0 aliphatic heterocycles. The first-order valence-corrected chi connectivity index (χ1v) is 5.97. The lowest BCUT2D eigenvalue weighted by Gasteiger charge is -2.03. The molecule has 0 N–H and O–H groups in total. The van der Waals surface area contributed by atoms with Crippen LogP contribution in [0, 0.1) is 0 Å². The van der Waals surface area contributed by atoms with Crippen LogP contribution in [-0.2, 0) is 15.6 Å². The van der Waals surface area contributed by atoms with Crippen LogP contribution >= 0.6 is 12.6 Å². The highest BCUT2D eigenvalue weighted by Gasteiger charge is 2.10. The standard InChI is InChI=1S/C8H10O2S2/c1-12(9,10)8-5-3-2-4-7(8)6-11/h2-5,11H,6H2,1H3. The van der Waals surface area contributed by atoms with Gasteiger partial charge in [-0.1, -0.05) is 18.2 Å². The minimum absolute atomic E-state index is 0.375. The second-order valence-corrected chi connectivity index (χ2v) is 4.84. The minimum atomic E-state index is -3.09. The van der Waals surface area contributed by atoms with Crippen molar-refractivity contribution in [2.45, 2.75) is 10.6 Å². The molecule has 0 spiro atoms. The van der Waals surface area contributed by atoms with Gasteiger partial charge in [0.15, 0.2) is 9.84 Å². The topological polar surface area (TPSA) is 34.1 Å². The Morgan fingerprint density at radius 2 is 1.92 bits per heavy atom. The first kappa shape index (κ1) is 9.61. The van der Waals surface area contributed by atoms with Crippen LogP contribution in [0.3, 0.4) is 0 Å². The van der Waals surface area contributed by atoms with Crippen LogP contribution in [0.15, 0.2) is 29.2 Å². The number of sulfone groups is 1. The third-order valence-electron chi connectivity index (χ3n) is 1.54. The van der Waals surface area contributed by atoms with E-state index in [-0.39, 0.29) is 0 Å². The summed E-state index contributed by atoms with van der Waals surface area (Å²) < 4.78 is 22.4. The van der Waals surface area contributed by atoms with Gasteiger partial charge in [0.2, 0.25) is 0 Å². The van der Waals surface area contributed by atoms with Crippen molar-refractivity contribution in [2.75, 3.05) is 6.26 Å². The van der Waals surface area contributed by atoms with E-state index in [1.165, 1.54) is 6.26 Å². The van der Waals surface area contributed by atoms with E-state index in [9.17, 15) is 8.42 Å². The van der Waals surface area contributed by atoms with Gasteiger partial charge in [-0.3, -0.25) is 0 Å². The van der Waals surface area contributed by atoms with Crippen LogP contribution in [0.5, 0.6) is 0 Å². The highest BCUT2D eigenvalue weighted by atomic mass is 32.2. The summed E-state index contributed by atoms with van der Waals surface area (Å²) in [7, 11) is -3.09. The number of rotatable bonds is 2. The van der Waals surface area contributed by atoms with Crippen molar-refractivity contribution in [3.8, 4) is 0 Å². The summed E-state index contributed by atoms with van der Waals surface area (Å²) in [6, 6.07) is 6.88. The highest BCUT2D eigenvalue weighted by molar-refractivity contribution is 7.90. The van der Waals surface area contributed by atoms with Crippen LogP contribution in [0.25, 0.3) is 0 Å². The average Bonchev–Trinajstić information content (AvgIpc) is 2.03. The second kappa shape index (κ2) is 3.49. The van der Waals surface area contributed by atoms with Crippen molar-refractivity contribution in [3.05, 3.63) is 29.8 Å². The summed E-state index contributed by atoms with van der Waals surface area (Å²) in [4.78, 5) is 0.375. The summed E-state index contributed by atoms with van der Waals surface area (Å²) in [5.74, 6) is 0.448. The van der Waals surface area contributed by atoms with Gasteiger partial charge in [-0.2, -0.15) is 12.6 Å². The minimum Gasteiger partial charge on any atom is -0.224 e. The monoisotopic (exact) mass is 202 g/mol. The maximum absolute atomic E-state index is 11.2. The fourth-order valence-electron chi connectivity index (χ4n) is 0.996. The van der Waals surface area contributed by atoms with Crippen molar-refractivity contribution in [1.82, 2.24) is 0 Å². The molecule has 0 aromatic heterocycles. The zero-order valence-corrected chi connectivity index (χ0v) is 8.40. The van der Waals surface area contributed by atoms with Gasteiger partial charge in [0, 0.05) is 12.0 Å². The predicted molar refractivity (Wildman–Crippen MR) is 52.2 cm³/mol. The number of hydrogen-bond acceptors (Lipinski definition) is 3. The van der Waals surface area contributed by atoms with Gasteiger partial charge in [-0.15, -0.1) is 0 Å². The molecule has 1 aromatic carbocycles. The molecule has 1 rings (SSSR count). The van der Waals surface area contributed by atoms with E-state index in [0.29, 0.717) is 10.6 Å². The molecule has 0 fully saturated rings. The Kier molecular flexibility index (Phi) is 2.80. The maximum atomic E-state index is 11.2. The fraction of sp³-hybridized carbons (Fsp3) is 0.250. The van der Waals surface area contributed by atoms with E-state index in [1.54, 1.807) is 24.3 Å². The predicted octanol–water partition coefficient (Wildman–Crippen LogP) is 1.52. The molecule has 66 valence electrons. The second-order valence-electron chi connectivity index (χ2n) is 2.54. The molecule has 4 heteroatoms. The van der Waals surface area contributed by atoms with E-state index in [0.717, 1.165) is 5.56 Å². The van der Waals surface area contributed by atoms with E-state index in [1.807, 2.05) is 0 Å². The fourth-order valence-corrected chi connectivity index (χ4v) is 2.32. The zero-order chi connectivity index (χ0) is 9.19. The SMILES string of the molecule is CS(=O)(=O)c1ccccc1CS. The van der Waals surface area contributed by atoms with Crippen LogP contribution in [-0.4, -0.2) is 14.7 Å². The Bertz CT molecular complexity index is 368. The Balaban J connectivity index is 3.33. The molecule has 0 unspecified atom stereocenters. The largest absolute Gasteiger partial charge is 0.224 e. The van der Waals surface area contributed by atoms with Crippen molar-refractivity contribution >= 4 is 22.5 Å². The highest BCUT2D eigenvalue weighted by Crippen LogP contribution is 2.16. The van der Waals surface area contributed by atoms with Gasteiger partial charge in [0.25, 0.3) is 0 Å². The Labute approximate surface area is 77.9 Å². The molecule has 0 saturated heterocycles. The maximum Gasteiger partial charge on any atom is 0.175 e. The van der Waals surface area contributed by atoms with Crippen LogP contribution in [0.2, 0.25) is 0 Å². The van der Waals surface area contributed by atoms with E-state index >= 15 is 0 Å². The number of benzene rings is 1. The molecule has 0 radical (unpaired) electrons. The summed E-state index contributed by atoms with van der Waals surface area (Å²) in [5.41, 5.74) is 0.753. The molecule has 1 aromatic rings. The smallest absolute Gasteiger partial charge is 0.175 e. The molecule has 0 bridgehead atoms. The van der Waals surface area contributed by atoms with Gasteiger partial charge in [-0.25, -0.2) is 8.42 Å². The van der Waals surface area contributed by atoms with E-state index in [4.69, 9.17) is 0 Å². The van der Waals surface area contributed by atoms with Crippen LogP contribution in [0.1, 0.15) is 5.56 Å². The van der Waals surface area contributed by atoms with Crippen molar-refractivity contribution in [2.24, 2.45) is 0 Å². The van der Waals surface area contributed by atoms with Gasteiger partial charge < -0.3 is 0 Å². The Morgan fingerprint density at radius 3 is 2.33 bits per heavy atom. The third kappa shape index (κ3) is 2.01. The Morgan fingerprint density at radius 1 is 1.33 bits per heavy atom. The summed E-state index contributed by atoms with van der Waals surface area (Å²) in [6.07, 6.45) is 1.20.